The first-order chi connectivity index (χ1) is 10.6. The molecule has 2 aromatic rings. The van der Waals surface area contributed by atoms with Crippen LogP contribution in [0.3, 0.4) is 0 Å². The van der Waals surface area contributed by atoms with Crippen LogP contribution < -0.4 is 11.1 Å². The molecule has 22 heavy (non-hydrogen) atoms. The first kappa shape index (κ1) is 15.1. The lowest BCUT2D eigenvalue weighted by Crippen LogP contribution is -2.21. The van der Waals surface area contributed by atoms with Crippen LogP contribution in [-0.4, -0.2) is 34.4 Å². The zero-order valence-corrected chi connectivity index (χ0v) is 11.4. The third kappa shape index (κ3) is 4.10. The molecule has 8 nitrogen and oxygen atoms in total. The first-order valence-electron chi connectivity index (χ1n) is 6.19. The quantitative estimate of drug-likeness (QED) is 0.769. The van der Waals surface area contributed by atoms with Gasteiger partial charge in [0.2, 0.25) is 5.91 Å². The Balaban J connectivity index is 1.85. The summed E-state index contributed by atoms with van der Waals surface area (Å²) in [5, 5.41) is 2.51. The molecule has 112 valence electrons. The molecule has 1 aromatic carbocycles. The number of nitrogens with zero attached hydrogens (tertiary/aromatic N) is 2. The van der Waals surface area contributed by atoms with Crippen molar-refractivity contribution in [2.75, 3.05) is 11.9 Å². The molecule has 8 heteroatoms. The smallest absolute Gasteiger partial charge is 0.359 e. The zero-order valence-electron chi connectivity index (χ0n) is 11.4. The molecule has 0 aliphatic carbocycles. The maximum Gasteiger partial charge on any atom is 0.359 e. The fourth-order valence-corrected chi connectivity index (χ4v) is 1.52. The van der Waals surface area contributed by atoms with Gasteiger partial charge < -0.3 is 15.8 Å². The van der Waals surface area contributed by atoms with E-state index < -0.39 is 24.4 Å². The van der Waals surface area contributed by atoms with E-state index in [1.54, 1.807) is 0 Å². The molecule has 0 fully saturated rings. The van der Waals surface area contributed by atoms with Crippen LogP contribution in [-0.2, 0) is 9.53 Å². The lowest BCUT2D eigenvalue weighted by Gasteiger charge is -2.06. The Bertz CT molecular complexity index is 686. The summed E-state index contributed by atoms with van der Waals surface area (Å²) in [6, 6.07) is 5.98. The van der Waals surface area contributed by atoms with Crippen LogP contribution in [0.2, 0.25) is 0 Å². The van der Waals surface area contributed by atoms with Gasteiger partial charge in [0.15, 0.2) is 12.3 Å². The molecule has 2 amide bonds. The number of esters is 1. The number of primary amides is 1. The number of nitrogens with one attached hydrogen (secondary N) is 1. The molecule has 3 N–H and O–H groups in total. The van der Waals surface area contributed by atoms with E-state index in [4.69, 9.17) is 10.5 Å². The number of aromatic nitrogens is 2. The van der Waals surface area contributed by atoms with Crippen LogP contribution in [0.4, 0.5) is 5.69 Å². The molecule has 0 bridgehead atoms. The molecule has 0 unspecified atom stereocenters. The van der Waals surface area contributed by atoms with E-state index in [-0.39, 0.29) is 5.69 Å². The van der Waals surface area contributed by atoms with E-state index in [1.807, 2.05) is 0 Å². The van der Waals surface area contributed by atoms with Gasteiger partial charge in [-0.05, 0) is 24.3 Å². The Morgan fingerprint density at radius 2 is 1.86 bits per heavy atom. The summed E-state index contributed by atoms with van der Waals surface area (Å²) in [4.78, 5) is 41.6. The third-order valence-electron chi connectivity index (χ3n) is 2.56. The van der Waals surface area contributed by atoms with Gasteiger partial charge in [0.05, 0.1) is 6.20 Å². The highest BCUT2D eigenvalue weighted by molar-refractivity contribution is 5.96. The third-order valence-corrected chi connectivity index (χ3v) is 2.56. The lowest BCUT2D eigenvalue weighted by atomic mass is 10.2. The average Bonchev–Trinajstić information content (AvgIpc) is 2.54. The molecule has 1 heterocycles. The highest BCUT2D eigenvalue weighted by Gasteiger charge is 2.11. The van der Waals surface area contributed by atoms with Crippen molar-refractivity contribution >= 4 is 23.5 Å². The molecule has 2 rings (SSSR count). The van der Waals surface area contributed by atoms with Gasteiger partial charge in [-0.1, -0.05) is 0 Å². The van der Waals surface area contributed by atoms with Crippen LogP contribution in [0.25, 0.3) is 0 Å². The number of benzene rings is 1. The molecule has 0 aliphatic heterocycles. The zero-order chi connectivity index (χ0) is 15.9. The van der Waals surface area contributed by atoms with Crippen LogP contribution >= 0.6 is 0 Å². The molecular formula is C14H12N4O4. The SMILES string of the molecule is NC(=O)c1ccc(NC(=O)COC(=O)c2cnccn2)cc1. The second kappa shape index (κ2) is 6.93. The van der Waals surface area contributed by atoms with Gasteiger partial charge in [-0.3, -0.25) is 14.6 Å². The monoisotopic (exact) mass is 300 g/mol. The van der Waals surface area contributed by atoms with E-state index in [1.165, 1.54) is 42.9 Å². The van der Waals surface area contributed by atoms with Gasteiger partial charge in [0, 0.05) is 23.6 Å². The van der Waals surface area contributed by atoms with Gasteiger partial charge in [-0.15, -0.1) is 0 Å². The number of carbonyl (C=O) groups excluding carboxylic acids is 3. The molecule has 0 atom stereocenters. The molecule has 0 saturated heterocycles. The molecule has 0 radical (unpaired) electrons. The number of hydrogen-bond acceptors (Lipinski definition) is 6. The van der Waals surface area contributed by atoms with Crippen molar-refractivity contribution in [3.8, 4) is 0 Å². The molecular weight excluding hydrogens is 288 g/mol. The maximum atomic E-state index is 11.7. The van der Waals surface area contributed by atoms with Gasteiger partial charge in [-0.2, -0.15) is 0 Å². The number of ether oxygens (including phenoxy) is 1. The topological polar surface area (TPSA) is 124 Å². The summed E-state index contributed by atoms with van der Waals surface area (Å²) in [5.74, 6) is -1.83. The second-order valence-corrected chi connectivity index (χ2v) is 4.16. The molecule has 0 saturated carbocycles. The van der Waals surface area contributed by atoms with Crippen molar-refractivity contribution in [2.24, 2.45) is 5.73 Å². The van der Waals surface area contributed by atoms with Crippen molar-refractivity contribution in [1.29, 1.82) is 0 Å². The fraction of sp³-hybridized carbons (Fsp3) is 0.0714. The van der Waals surface area contributed by atoms with Crippen molar-refractivity contribution in [1.82, 2.24) is 9.97 Å². The van der Waals surface area contributed by atoms with Gasteiger partial charge >= 0.3 is 5.97 Å². The van der Waals surface area contributed by atoms with Crippen LogP contribution in [0.5, 0.6) is 0 Å². The first-order valence-corrected chi connectivity index (χ1v) is 6.19. The van der Waals surface area contributed by atoms with E-state index in [2.05, 4.69) is 15.3 Å². The summed E-state index contributed by atoms with van der Waals surface area (Å²) in [7, 11) is 0. The molecule has 1 aromatic heterocycles. The van der Waals surface area contributed by atoms with Crippen LogP contribution in [0, 0.1) is 0 Å². The van der Waals surface area contributed by atoms with E-state index in [9.17, 15) is 14.4 Å². The fourth-order valence-electron chi connectivity index (χ4n) is 1.52. The maximum absolute atomic E-state index is 11.7. The highest BCUT2D eigenvalue weighted by Crippen LogP contribution is 2.09. The number of anilines is 1. The Kier molecular flexibility index (Phi) is 4.76. The van der Waals surface area contributed by atoms with Gasteiger partial charge in [0.25, 0.3) is 5.91 Å². The number of amides is 2. The van der Waals surface area contributed by atoms with Crippen molar-refractivity contribution in [3.05, 3.63) is 54.1 Å². The standard InChI is InChI=1S/C14H12N4O4/c15-13(20)9-1-3-10(4-2-9)18-12(19)8-22-14(21)11-7-16-5-6-17-11/h1-7H,8H2,(H2,15,20)(H,18,19). The summed E-state index contributed by atoms with van der Waals surface area (Å²) in [6.45, 7) is -0.465. The second-order valence-electron chi connectivity index (χ2n) is 4.16. The molecule has 0 aliphatic rings. The van der Waals surface area contributed by atoms with Crippen molar-refractivity contribution in [3.63, 3.8) is 0 Å². The summed E-state index contributed by atoms with van der Waals surface area (Å²) in [6.07, 6.45) is 4.00. The normalized spacial score (nSPS) is 9.82. The lowest BCUT2D eigenvalue weighted by molar-refractivity contribution is -0.119. The van der Waals surface area contributed by atoms with E-state index in [0.29, 0.717) is 11.3 Å². The van der Waals surface area contributed by atoms with E-state index in [0.717, 1.165) is 0 Å². The Morgan fingerprint density at radius 1 is 1.14 bits per heavy atom. The average molecular weight is 300 g/mol. The largest absolute Gasteiger partial charge is 0.451 e. The van der Waals surface area contributed by atoms with Crippen LogP contribution in [0.15, 0.2) is 42.9 Å². The van der Waals surface area contributed by atoms with Crippen LogP contribution in [0.1, 0.15) is 20.8 Å². The van der Waals surface area contributed by atoms with Crippen molar-refractivity contribution in [2.45, 2.75) is 0 Å². The van der Waals surface area contributed by atoms with Gasteiger partial charge in [-0.25, -0.2) is 9.78 Å². The number of hydrogen-bond donors (Lipinski definition) is 2. The number of carbonyl (C=O) groups is 3. The predicted octanol–water partition coefficient (Wildman–Crippen LogP) is 0.371. The predicted molar refractivity (Wildman–Crippen MR) is 75.9 cm³/mol. The minimum atomic E-state index is -0.743. The number of nitrogens with two attached hydrogens (primary N) is 1. The van der Waals surface area contributed by atoms with Crippen molar-refractivity contribution < 1.29 is 19.1 Å². The molecule has 0 spiro atoms. The summed E-state index contributed by atoms with van der Waals surface area (Å²) < 4.78 is 4.80. The summed E-state index contributed by atoms with van der Waals surface area (Å²) >= 11 is 0. The Morgan fingerprint density at radius 3 is 2.45 bits per heavy atom. The van der Waals surface area contributed by atoms with Gasteiger partial charge in [0.1, 0.15) is 0 Å². The minimum absolute atomic E-state index is 0.0149. The minimum Gasteiger partial charge on any atom is -0.451 e. The van der Waals surface area contributed by atoms with E-state index >= 15 is 0 Å². The summed E-state index contributed by atoms with van der Waals surface area (Å²) in [5.41, 5.74) is 5.90. The Labute approximate surface area is 125 Å². The highest BCUT2D eigenvalue weighted by atomic mass is 16.5. The number of rotatable bonds is 5. The Hall–Kier alpha value is -3.29.